The molecule has 0 aromatic heterocycles. The van der Waals surface area contributed by atoms with Gasteiger partial charge in [0, 0.05) is 6.54 Å². The highest BCUT2D eigenvalue weighted by atomic mass is 16.4. The van der Waals surface area contributed by atoms with Crippen LogP contribution in [-0.4, -0.2) is 35.3 Å². The molecule has 1 aliphatic rings. The lowest BCUT2D eigenvalue weighted by molar-refractivity contribution is 0.128. The number of hydrogen-bond donors (Lipinski definition) is 3. The third-order valence-corrected chi connectivity index (χ3v) is 1.65. The Labute approximate surface area is 58.8 Å². The van der Waals surface area contributed by atoms with E-state index in [-0.39, 0.29) is 6.04 Å². The van der Waals surface area contributed by atoms with E-state index >= 15 is 0 Å². The second-order valence-electron chi connectivity index (χ2n) is 2.34. The highest BCUT2D eigenvalue weighted by molar-refractivity contribution is 5.64. The number of amides is 1. The van der Waals surface area contributed by atoms with Gasteiger partial charge in [-0.15, -0.1) is 0 Å². The molecule has 1 heterocycles. The first-order valence-electron chi connectivity index (χ1n) is 3.19. The number of carbonyl (C=O) groups is 1. The Morgan fingerprint density at radius 1 is 1.80 bits per heavy atom. The second kappa shape index (κ2) is 2.85. The van der Waals surface area contributed by atoms with Gasteiger partial charge in [-0.3, -0.25) is 0 Å². The first kappa shape index (κ1) is 7.30. The summed E-state index contributed by atoms with van der Waals surface area (Å²) in [5.41, 5.74) is 0. The Balaban J connectivity index is 2.39. The summed E-state index contributed by atoms with van der Waals surface area (Å²) in [6.07, 6.45) is -0.253. The molecule has 0 saturated carbocycles. The van der Waals surface area contributed by atoms with Gasteiger partial charge in [-0.25, -0.2) is 15.6 Å². The molecule has 1 atom stereocenters. The molecule has 1 unspecified atom stereocenters. The van der Waals surface area contributed by atoms with Crippen LogP contribution in [0, 0.1) is 0 Å². The van der Waals surface area contributed by atoms with E-state index in [0.717, 1.165) is 18.0 Å². The predicted octanol–water partition coefficient (Wildman–Crippen LogP) is -0.798. The average Bonchev–Trinajstić information content (AvgIpc) is 2.36. The van der Waals surface area contributed by atoms with Crippen molar-refractivity contribution in [1.82, 2.24) is 10.3 Å². The van der Waals surface area contributed by atoms with E-state index in [9.17, 15) is 4.79 Å². The fourth-order valence-electron chi connectivity index (χ4n) is 1.03. The first-order valence-corrected chi connectivity index (χ1v) is 3.19. The smallest absolute Gasteiger partial charge is 0.421 e. The zero-order valence-corrected chi connectivity index (χ0v) is 5.58. The topological polar surface area (TPSA) is 78.6 Å². The molecule has 10 heavy (non-hydrogen) atoms. The van der Waals surface area contributed by atoms with E-state index in [1.54, 1.807) is 0 Å². The number of hydrogen-bond acceptors (Lipinski definition) is 3. The minimum absolute atomic E-state index is 0.0440. The number of nitrogens with zero attached hydrogens (tertiary/aromatic N) is 1. The van der Waals surface area contributed by atoms with Crippen LogP contribution >= 0.6 is 0 Å². The van der Waals surface area contributed by atoms with Gasteiger partial charge in [0.05, 0.1) is 6.04 Å². The van der Waals surface area contributed by atoms with Crippen molar-refractivity contribution in [3.63, 3.8) is 0 Å². The van der Waals surface area contributed by atoms with Crippen LogP contribution in [0.3, 0.4) is 0 Å². The quantitative estimate of drug-likeness (QED) is 0.256. The standard InChI is InChI=1S/C5H11N3O2/c6-8(5(9)10)4-1-2-7-3-4/h4,7H,1-3,6H2,(H,9,10). The summed E-state index contributed by atoms with van der Waals surface area (Å²) in [5.74, 6) is 5.22. The van der Waals surface area contributed by atoms with E-state index < -0.39 is 6.09 Å². The van der Waals surface area contributed by atoms with Gasteiger partial charge in [-0.05, 0) is 13.0 Å². The molecule has 4 N–H and O–H groups in total. The number of hydrazine groups is 1. The Kier molecular flexibility index (Phi) is 2.08. The third kappa shape index (κ3) is 1.37. The van der Waals surface area contributed by atoms with Crippen LogP contribution in [0.25, 0.3) is 0 Å². The summed E-state index contributed by atoms with van der Waals surface area (Å²) in [6, 6.07) is -0.0440. The van der Waals surface area contributed by atoms with Crippen LogP contribution in [0.2, 0.25) is 0 Å². The van der Waals surface area contributed by atoms with Crippen molar-refractivity contribution in [3.05, 3.63) is 0 Å². The van der Waals surface area contributed by atoms with Crippen molar-refractivity contribution in [2.24, 2.45) is 5.84 Å². The van der Waals surface area contributed by atoms with Crippen molar-refractivity contribution in [2.45, 2.75) is 12.5 Å². The fourth-order valence-corrected chi connectivity index (χ4v) is 1.03. The van der Waals surface area contributed by atoms with E-state index in [2.05, 4.69) is 5.32 Å². The number of nitrogens with two attached hydrogens (primary N) is 1. The van der Waals surface area contributed by atoms with Crippen molar-refractivity contribution in [3.8, 4) is 0 Å². The van der Waals surface area contributed by atoms with Crippen LogP contribution in [-0.2, 0) is 0 Å². The highest BCUT2D eigenvalue weighted by Crippen LogP contribution is 2.03. The lowest BCUT2D eigenvalue weighted by Crippen LogP contribution is -2.45. The molecule has 0 aromatic rings. The van der Waals surface area contributed by atoms with Crippen LogP contribution in [0.4, 0.5) is 4.79 Å². The average molecular weight is 145 g/mol. The Bertz CT molecular complexity index is 133. The van der Waals surface area contributed by atoms with Crippen LogP contribution in [0.1, 0.15) is 6.42 Å². The molecule has 0 radical (unpaired) electrons. The molecule has 0 spiro atoms. The van der Waals surface area contributed by atoms with Gasteiger partial charge >= 0.3 is 6.09 Å². The molecule has 1 aliphatic heterocycles. The van der Waals surface area contributed by atoms with Gasteiger partial charge in [0.2, 0.25) is 0 Å². The Morgan fingerprint density at radius 2 is 2.50 bits per heavy atom. The fraction of sp³-hybridized carbons (Fsp3) is 0.800. The largest absolute Gasteiger partial charge is 0.464 e. The summed E-state index contributed by atoms with van der Waals surface area (Å²) in [5, 5.41) is 12.3. The van der Waals surface area contributed by atoms with E-state index in [1.807, 2.05) is 0 Å². The second-order valence-corrected chi connectivity index (χ2v) is 2.34. The minimum atomic E-state index is -1.06. The van der Waals surface area contributed by atoms with Gasteiger partial charge < -0.3 is 10.4 Å². The zero-order chi connectivity index (χ0) is 7.56. The van der Waals surface area contributed by atoms with E-state index in [1.165, 1.54) is 0 Å². The zero-order valence-electron chi connectivity index (χ0n) is 5.58. The van der Waals surface area contributed by atoms with E-state index in [4.69, 9.17) is 10.9 Å². The first-order chi connectivity index (χ1) is 4.72. The Hall–Kier alpha value is -0.810. The van der Waals surface area contributed by atoms with Crippen molar-refractivity contribution in [2.75, 3.05) is 13.1 Å². The maximum absolute atomic E-state index is 10.3. The number of rotatable bonds is 1. The highest BCUT2D eigenvalue weighted by Gasteiger charge is 2.22. The maximum atomic E-state index is 10.3. The van der Waals surface area contributed by atoms with Crippen LogP contribution in [0.15, 0.2) is 0 Å². The van der Waals surface area contributed by atoms with Crippen molar-refractivity contribution >= 4 is 6.09 Å². The van der Waals surface area contributed by atoms with Gasteiger partial charge in [-0.2, -0.15) is 0 Å². The van der Waals surface area contributed by atoms with Gasteiger partial charge in [0.15, 0.2) is 0 Å². The van der Waals surface area contributed by atoms with Crippen molar-refractivity contribution in [1.29, 1.82) is 0 Å². The van der Waals surface area contributed by atoms with Gasteiger partial charge in [-0.1, -0.05) is 0 Å². The van der Waals surface area contributed by atoms with Crippen LogP contribution in [0.5, 0.6) is 0 Å². The SMILES string of the molecule is NN(C(=O)O)C1CCNC1. The minimum Gasteiger partial charge on any atom is -0.464 e. The number of nitrogens with one attached hydrogen (secondary N) is 1. The summed E-state index contributed by atoms with van der Waals surface area (Å²) >= 11 is 0. The Morgan fingerprint density at radius 3 is 2.90 bits per heavy atom. The molecule has 1 amide bonds. The molecule has 0 aromatic carbocycles. The molecule has 0 aliphatic carbocycles. The monoisotopic (exact) mass is 145 g/mol. The predicted molar refractivity (Wildman–Crippen MR) is 35.3 cm³/mol. The van der Waals surface area contributed by atoms with Gasteiger partial charge in [0.25, 0.3) is 0 Å². The lowest BCUT2D eigenvalue weighted by atomic mass is 10.2. The van der Waals surface area contributed by atoms with E-state index in [0.29, 0.717) is 6.54 Å². The molecule has 58 valence electrons. The molecule has 0 bridgehead atoms. The summed E-state index contributed by atoms with van der Waals surface area (Å²) < 4.78 is 0. The molecular weight excluding hydrogens is 134 g/mol. The lowest BCUT2D eigenvalue weighted by Gasteiger charge is -2.18. The van der Waals surface area contributed by atoms with Crippen LogP contribution < -0.4 is 11.2 Å². The summed E-state index contributed by atoms with van der Waals surface area (Å²) in [6.45, 7) is 1.52. The number of carboxylic acid groups (broad SMARTS) is 1. The maximum Gasteiger partial charge on any atom is 0.421 e. The van der Waals surface area contributed by atoms with Gasteiger partial charge in [0.1, 0.15) is 0 Å². The normalized spacial score (nSPS) is 24.7. The molecule has 1 saturated heterocycles. The summed E-state index contributed by atoms with van der Waals surface area (Å²) in [7, 11) is 0. The molecule has 5 heteroatoms. The molecular formula is C5H11N3O2. The summed E-state index contributed by atoms with van der Waals surface area (Å²) in [4.78, 5) is 10.3. The third-order valence-electron chi connectivity index (χ3n) is 1.65. The van der Waals surface area contributed by atoms with Crippen molar-refractivity contribution < 1.29 is 9.90 Å². The molecule has 1 fully saturated rings. The molecule has 5 nitrogen and oxygen atoms in total. The molecule has 1 rings (SSSR count).